The van der Waals surface area contributed by atoms with E-state index in [1.54, 1.807) is 12.1 Å². The Kier molecular flexibility index (Phi) is 7.24. The number of benzene rings is 1. The minimum atomic E-state index is -0.253. The fourth-order valence-corrected chi connectivity index (χ4v) is 4.76. The van der Waals surface area contributed by atoms with E-state index in [1.807, 2.05) is 24.8 Å². The Morgan fingerprint density at radius 1 is 1.07 bits per heavy atom. The van der Waals surface area contributed by atoms with Crippen molar-refractivity contribution in [2.45, 2.75) is 51.6 Å². The molecule has 2 aliphatic rings. The lowest BCUT2D eigenvalue weighted by atomic mass is 10.1. The molecular formula is C21H29Cl2N3O2. The molecule has 0 spiro atoms. The Balaban J connectivity index is 1.50. The molecule has 0 aromatic heterocycles. The van der Waals surface area contributed by atoms with Crippen LogP contribution in [0.1, 0.15) is 51.1 Å². The fraction of sp³-hybridized carbons (Fsp3) is 0.619. The van der Waals surface area contributed by atoms with E-state index >= 15 is 0 Å². The molecule has 0 radical (unpaired) electrons. The second kappa shape index (κ2) is 9.47. The molecule has 1 saturated carbocycles. The number of carbonyl (C=O) groups is 2. The lowest BCUT2D eigenvalue weighted by molar-refractivity contribution is -0.138. The predicted octanol–water partition coefficient (Wildman–Crippen LogP) is 3.89. The van der Waals surface area contributed by atoms with Crippen molar-refractivity contribution in [2.24, 2.45) is 5.92 Å². The van der Waals surface area contributed by atoms with Crippen molar-refractivity contribution < 1.29 is 9.59 Å². The smallest absolute Gasteiger partial charge is 0.237 e. The first-order chi connectivity index (χ1) is 13.4. The van der Waals surface area contributed by atoms with Crippen LogP contribution in [0.4, 0.5) is 0 Å². The van der Waals surface area contributed by atoms with E-state index in [9.17, 15) is 9.59 Å². The summed E-state index contributed by atoms with van der Waals surface area (Å²) in [6, 6.07) is 4.84. The van der Waals surface area contributed by atoms with Crippen LogP contribution in [0.2, 0.25) is 10.0 Å². The van der Waals surface area contributed by atoms with Crippen molar-refractivity contribution in [3.8, 4) is 0 Å². The summed E-state index contributed by atoms with van der Waals surface area (Å²) in [6.45, 7) is 6.68. The van der Waals surface area contributed by atoms with E-state index in [0.29, 0.717) is 29.0 Å². The van der Waals surface area contributed by atoms with E-state index in [1.165, 1.54) is 12.8 Å². The molecule has 2 atom stereocenters. The van der Waals surface area contributed by atoms with Crippen LogP contribution in [-0.2, 0) is 9.59 Å². The standard InChI is InChI=1S/C21H29Cl2N3O2/c1-14(18-8-7-17(22)13-19(18)23)24-20(27)15(2)25-9-11-26(12-10-25)21(28)16-5-3-4-6-16/h7-8,13-16H,3-6,9-12H2,1-2H3,(H,24,27). The van der Waals surface area contributed by atoms with Gasteiger partial charge >= 0.3 is 0 Å². The minimum Gasteiger partial charge on any atom is -0.348 e. The van der Waals surface area contributed by atoms with Gasteiger partial charge in [-0.2, -0.15) is 0 Å². The molecule has 0 bridgehead atoms. The maximum absolute atomic E-state index is 12.7. The Bertz CT molecular complexity index is 714. The van der Waals surface area contributed by atoms with Gasteiger partial charge in [-0.3, -0.25) is 14.5 Å². The number of halogens is 2. The van der Waals surface area contributed by atoms with E-state index in [0.717, 1.165) is 31.5 Å². The normalized spacial score (nSPS) is 20.8. The summed E-state index contributed by atoms with van der Waals surface area (Å²) in [5.41, 5.74) is 0.846. The zero-order valence-corrected chi connectivity index (χ0v) is 18.1. The van der Waals surface area contributed by atoms with Crippen LogP contribution in [0.15, 0.2) is 18.2 Å². The van der Waals surface area contributed by atoms with Gasteiger partial charge in [-0.15, -0.1) is 0 Å². The SMILES string of the molecule is CC(NC(=O)C(C)N1CCN(C(=O)C2CCCC2)CC1)c1ccc(Cl)cc1Cl. The van der Waals surface area contributed by atoms with Crippen LogP contribution in [0, 0.1) is 5.92 Å². The summed E-state index contributed by atoms with van der Waals surface area (Å²) in [5.74, 6) is 0.492. The minimum absolute atomic E-state index is 0.0333. The van der Waals surface area contributed by atoms with Gasteiger partial charge in [0.1, 0.15) is 0 Å². The Hall–Kier alpha value is -1.30. The van der Waals surface area contributed by atoms with Gasteiger partial charge in [0.25, 0.3) is 0 Å². The van der Waals surface area contributed by atoms with Crippen molar-refractivity contribution in [1.29, 1.82) is 0 Å². The van der Waals surface area contributed by atoms with Crippen LogP contribution in [0.25, 0.3) is 0 Å². The summed E-state index contributed by atoms with van der Waals surface area (Å²) >= 11 is 12.2. The number of rotatable bonds is 5. The number of nitrogens with one attached hydrogen (secondary N) is 1. The number of piperazine rings is 1. The van der Waals surface area contributed by atoms with Crippen molar-refractivity contribution in [3.63, 3.8) is 0 Å². The molecule has 1 N–H and O–H groups in total. The molecule has 2 fully saturated rings. The van der Waals surface area contributed by atoms with Gasteiger partial charge in [0.2, 0.25) is 11.8 Å². The first-order valence-electron chi connectivity index (χ1n) is 10.1. The molecule has 1 aromatic rings. The van der Waals surface area contributed by atoms with Crippen LogP contribution < -0.4 is 5.32 Å². The van der Waals surface area contributed by atoms with Crippen molar-refractivity contribution in [2.75, 3.05) is 26.2 Å². The van der Waals surface area contributed by atoms with E-state index in [2.05, 4.69) is 10.2 Å². The highest BCUT2D eigenvalue weighted by atomic mass is 35.5. The molecule has 28 heavy (non-hydrogen) atoms. The summed E-state index contributed by atoms with van der Waals surface area (Å²) in [6.07, 6.45) is 4.40. The highest BCUT2D eigenvalue weighted by Crippen LogP contribution is 2.28. The lowest BCUT2D eigenvalue weighted by Gasteiger charge is -2.38. The first kappa shape index (κ1) is 21.4. The molecule has 7 heteroatoms. The van der Waals surface area contributed by atoms with Gasteiger partial charge < -0.3 is 10.2 Å². The molecule has 2 amide bonds. The Morgan fingerprint density at radius 2 is 1.71 bits per heavy atom. The quantitative estimate of drug-likeness (QED) is 0.777. The van der Waals surface area contributed by atoms with Crippen molar-refractivity contribution >= 4 is 35.0 Å². The van der Waals surface area contributed by atoms with E-state index in [-0.39, 0.29) is 23.9 Å². The largest absolute Gasteiger partial charge is 0.348 e. The number of hydrogen-bond acceptors (Lipinski definition) is 3. The van der Waals surface area contributed by atoms with Gasteiger partial charge in [-0.05, 0) is 44.4 Å². The molecule has 2 unspecified atom stereocenters. The predicted molar refractivity (Wildman–Crippen MR) is 113 cm³/mol. The molecule has 1 heterocycles. The molecule has 5 nitrogen and oxygen atoms in total. The number of carbonyl (C=O) groups excluding carboxylic acids is 2. The van der Waals surface area contributed by atoms with Crippen LogP contribution >= 0.6 is 23.2 Å². The van der Waals surface area contributed by atoms with Gasteiger partial charge in [0, 0.05) is 42.1 Å². The third kappa shape index (κ3) is 5.00. The average molecular weight is 426 g/mol. The summed E-state index contributed by atoms with van der Waals surface area (Å²) in [5, 5.41) is 4.17. The molecule has 1 aliphatic carbocycles. The zero-order chi connectivity index (χ0) is 20.3. The topological polar surface area (TPSA) is 52.7 Å². The van der Waals surface area contributed by atoms with Crippen molar-refractivity contribution in [3.05, 3.63) is 33.8 Å². The van der Waals surface area contributed by atoms with E-state index < -0.39 is 0 Å². The molecule has 1 saturated heterocycles. The summed E-state index contributed by atoms with van der Waals surface area (Å²) in [4.78, 5) is 29.4. The maximum atomic E-state index is 12.7. The van der Waals surface area contributed by atoms with Crippen molar-refractivity contribution in [1.82, 2.24) is 15.1 Å². The first-order valence-corrected chi connectivity index (χ1v) is 10.9. The van der Waals surface area contributed by atoms with Crippen LogP contribution in [-0.4, -0.2) is 53.8 Å². The Morgan fingerprint density at radius 3 is 2.32 bits per heavy atom. The number of hydrogen-bond donors (Lipinski definition) is 1. The molecule has 3 rings (SSSR count). The second-order valence-electron chi connectivity index (χ2n) is 7.91. The summed E-state index contributed by atoms with van der Waals surface area (Å²) < 4.78 is 0. The average Bonchev–Trinajstić information content (AvgIpc) is 3.21. The fourth-order valence-electron chi connectivity index (χ4n) is 4.19. The highest BCUT2D eigenvalue weighted by Gasteiger charge is 2.32. The second-order valence-corrected chi connectivity index (χ2v) is 8.76. The molecule has 1 aliphatic heterocycles. The maximum Gasteiger partial charge on any atom is 0.237 e. The number of amides is 2. The van der Waals surface area contributed by atoms with Gasteiger partial charge in [-0.25, -0.2) is 0 Å². The van der Waals surface area contributed by atoms with Gasteiger partial charge in [0.05, 0.1) is 12.1 Å². The molecule has 1 aromatic carbocycles. The van der Waals surface area contributed by atoms with Gasteiger partial charge in [0.15, 0.2) is 0 Å². The van der Waals surface area contributed by atoms with Gasteiger partial charge in [-0.1, -0.05) is 42.1 Å². The van der Waals surface area contributed by atoms with Crippen LogP contribution in [0.3, 0.4) is 0 Å². The monoisotopic (exact) mass is 425 g/mol. The third-order valence-electron chi connectivity index (χ3n) is 6.05. The van der Waals surface area contributed by atoms with Crippen LogP contribution in [0.5, 0.6) is 0 Å². The highest BCUT2D eigenvalue weighted by molar-refractivity contribution is 6.35. The summed E-state index contributed by atoms with van der Waals surface area (Å²) in [7, 11) is 0. The lowest BCUT2D eigenvalue weighted by Crippen LogP contribution is -2.55. The van der Waals surface area contributed by atoms with E-state index in [4.69, 9.17) is 23.2 Å². The number of nitrogens with zero attached hydrogens (tertiary/aromatic N) is 2. The Labute approximate surface area is 177 Å². The third-order valence-corrected chi connectivity index (χ3v) is 6.61. The molecular weight excluding hydrogens is 397 g/mol. The zero-order valence-electron chi connectivity index (χ0n) is 16.6. The molecule has 154 valence electrons.